The van der Waals surface area contributed by atoms with Gasteiger partial charge >= 0.3 is 0 Å². The maximum absolute atomic E-state index is 13.1. The third-order valence-corrected chi connectivity index (χ3v) is 4.44. The molecule has 1 saturated heterocycles. The van der Waals surface area contributed by atoms with E-state index in [9.17, 15) is 14.7 Å². The second-order valence-electron chi connectivity index (χ2n) is 6.22. The third-order valence-electron chi connectivity index (χ3n) is 4.44. The molecule has 136 valence electrons. The number of nitrogens with one attached hydrogen (secondary N) is 1. The van der Waals surface area contributed by atoms with E-state index >= 15 is 0 Å². The zero-order chi connectivity index (χ0) is 18.4. The van der Waals surface area contributed by atoms with Crippen molar-refractivity contribution in [2.75, 3.05) is 13.2 Å². The lowest BCUT2D eigenvalue weighted by Gasteiger charge is -2.35. The molecule has 1 aliphatic heterocycles. The van der Waals surface area contributed by atoms with Gasteiger partial charge in [0.25, 0.3) is 11.8 Å². The van der Waals surface area contributed by atoms with Crippen LogP contribution in [0.5, 0.6) is 0 Å². The Hall–Kier alpha value is -2.86. The van der Waals surface area contributed by atoms with Crippen molar-refractivity contribution in [3.05, 3.63) is 65.7 Å². The fourth-order valence-corrected chi connectivity index (χ4v) is 3.06. The molecule has 1 atom stereocenters. The van der Waals surface area contributed by atoms with Gasteiger partial charge in [0.1, 0.15) is 11.5 Å². The van der Waals surface area contributed by atoms with E-state index in [1.165, 1.54) is 12.3 Å². The number of furan rings is 1. The summed E-state index contributed by atoms with van der Waals surface area (Å²) < 4.78 is 5.29. The summed E-state index contributed by atoms with van der Waals surface area (Å²) in [6, 6.07) is 11.9. The maximum atomic E-state index is 13.1. The summed E-state index contributed by atoms with van der Waals surface area (Å²) in [5.41, 5.74) is 0.595. The molecule has 1 fully saturated rings. The van der Waals surface area contributed by atoms with Gasteiger partial charge in [-0.25, -0.2) is 0 Å². The Morgan fingerprint density at radius 3 is 2.69 bits per heavy atom. The minimum atomic E-state index is -0.366. The summed E-state index contributed by atoms with van der Waals surface area (Å²) in [6.45, 7) is 0.465. The van der Waals surface area contributed by atoms with E-state index in [0.717, 1.165) is 19.3 Å². The zero-order valence-electron chi connectivity index (χ0n) is 14.4. The van der Waals surface area contributed by atoms with Crippen LogP contribution in [0.3, 0.4) is 0 Å². The number of aliphatic hydroxyl groups is 1. The summed E-state index contributed by atoms with van der Waals surface area (Å²) in [6.07, 6.45) is 5.63. The molecule has 26 heavy (non-hydrogen) atoms. The van der Waals surface area contributed by atoms with E-state index < -0.39 is 0 Å². The summed E-state index contributed by atoms with van der Waals surface area (Å²) in [5.74, 6) is -0.210. The topological polar surface area (TPSA) is 82.8 Å². The van der Waals surface area contributed by atoms with Crippen LogP contribution in [0.4, 0.5) is 0 Å². The van der Waals surface area contributed by atoms with Crippen molar-refractivity contribution in [1.82, 2.24) is 10.2 Å². The Bertz CT molecular complexity index is 768. The molecular weight excluding hydrogens is 332 g/mol. The van der Waals surface area contributed by atoms with Crippen LogP contribution < -0.4 is 5.32 Å². The molecule has 1 aromatic heterocycles. The lowest BCUT2D eigenvalue weighted by Crippen LogP contribution is -2.48. The monoisotopic (exact) mass is 354 g/mol. The minimum Gasteiger partial charge on any atom is -0.465 e. The maximum Gasteiger partial charge on any atom is 0.270 e. The molecule has 3 rings (SSSR count). The van der Waals surface area contributed by atoms with Gasteiger partial charge in [-0.3, -0.25) is 9.59 Å². The number of piperidine rings is 1. The standard InChI is InChI=1S/C20H22N2O4/c23-14-16-9-4-5-11-22(16)20(25)18(13-17-10-6-12-26-17)21-19(24)15-7-2-1-3-8-15/h1-3,6-8,10,12-13,16,23H,4-5,9,11,14H2,(H,21,24). The van der Waals surface area contributed by atoms with Crippen LogP contribution in [-0.2, 0) is 4.79 Å². The number of rotatable bonds is 5. The van der Waals surface area contributed by atoms with Crippen molar-refractivity contribution in [3.8, 4) is 0 Å². The molecule has 0 saturated carbocycles. The number of hydrogen-bond acceptors (Lipinski definition) is 4. The highest BCUT2D eigenvalue weighted by Gasteiger charge is 2.29. The average Bonchev–Trinajstić information content (AvgIpc) is 3.20. The first-order chi connectivity index (χ1) is 12.7. The first kappa shape index (κ1) is 17.9. The number of carbonyl (C=O) groups is 2. The summed E-state index contributed by atoms with van der Waals surface area (Å²) >= 11 is 0. The Kier molecular flexibility index (Phi) is 5.86. The molecular formula is C20H22N2O4. The molecule has 6 heteroatoms. The molecule has 0 aliphatic carbocycles. The molecule has 0 spiro atoms. The smallest absolute Gasteiger partial charge is 0.270 e. The fraction of sp³-hybridized carbons (Fsp3) is 0.300. The first-order valence-corrected chi connectivity index (χ1v) is 8.72. The van der Waals surface area contributed by atoms with Gasteiger partial charge in [-0.15, -0.1) is 0 Å². The lowest BCUT2D eigenvalue weighted by molar-refractivity contribution is -0.132. The molecule has 0 radical (unpaired) electrons. The van der Waals surface area contributed by atoms with Crippen molar-refractivity contribution in [2.45, 2.75) is 25.3 Å². The number of likely N-dealkylation sites (tertiary alicyclic amines) is 1. The van der Waals surface area contributed by atoms with Crippen molar-refractivity contribution in [2.24, 2.45) is 0 Å². The number of carbonyl (C=O) groups excluding carboxylic acids is 2. The third kappa shape index (κ3) is 4.21. The molecule has 1 unspecified atom stereocenters. The Morgan fingerprint density at radius 1 is 1.19 bits per heavy atom. The van der Waals surface area contributed by atoms with E-state index in [0.29, 0.717) is 17.9 Å². The van der Waals surface area contributed by atoms with Crippen LogP contribution in [-0.4, -0.2) is 41.0 Å². The van der Waals surface area contributed by atoms with Crippen LogP contribution in [0.25, 0.3) is 6.08 Å². The molecule has 6 nitrogen and oxygen atoms in total. The molecule has 2 N–H and O–H groups in total. The van der Waals surface area contributed by atoms with Crippen molar-refractivity contribution in [1.29, 1.82) is 0 Å². The highest BCUT2D eigenvalue weighted by atomic mass is 16.3. The van der Waals surface area contributed by atoms with Gasteiger partial charge in [-0.1, -0.05) is 18.2 Å². The van der Waals surface area contributed by atoms with Gasteiger partial charge in [0.05, 0.1) is 18.9 Å². The Labute approximate surface area is 152 Å². The van der Waals surface area contributed by atoms with Gasteiger partial charge in [0.2, 0.25) is 0 Å². The second-order valence-corrected chi connectivity index (χ2v) is 6.22. The SMILES string of the molecule is O=C(NC(=Cc1ccco1)C(=O)N1CCCCC1CO)c1ccccc1. The van der Waals surface area contributed by atoms with Gasteiger partial charge in [-0.2, -0.15) is 0 Å². The summed E-state index contributed by atoms with van der Waals surface area (Å²) in [4.78, 5) is 27.2. The van der Waals surface area contributed by atoms with E-state index in [-0.39, 0.29) is 30.2 Å². The van der Waals surface area contributed by atoms with Gasteiger partial charge < -0.3 is 19.7 Å². The van der Waals surface area contributed by atoms with E-state index in [1.807, 2.05) is 6.07 Å². The summed E-state index contributed by atoms with van der Waals surface area (Å²) in [5, 5.41) is 12.3. The molecule has 2 heterocycles. The molecule has 0 bridgehead atoms. The van der Waals surface area contributed by atoms with Gasteiger partial charge in [0.15, 0.2) is 0 Å². The van der Waals surface area contributed by atoms with Crippen molar-refractivity contribution < 1.29 is 19.1 Å². The van der Waals surface area contributed by atoms with E-state index in [2.05, 4.69) is 5.32 Å². The molecule has 1 aliphatic rings. The van der Waals surface area contributed by atoms with E-state index in [4.69, 9.17) is 4.42 Å². The Morgan fingerprint density at radius 2 is 2.00 bits per heavy atom. The number of hydrogen-bond donors (Lipinski definition) is 2. The predicted octanol–water partition coefficient (Wildman–Crippen LogP) is 2.42. The van der Waals surface area contributed by atoms with Crippen LogP contribution >= 0.6 is 0 Å². The van der Waals surface area contributed by atoms with E-state index in [1.54, 1.807) is 41.3 Å². The fourth-order valence-electron chi connectivity index (χ4n) is 3.06. The predicted molar refractivity (Wildman–Crippen MR) is 97.0 cm³/mol. The quantitative estimate of drug-likeness (QED) is 0.808. The molecule has 1 aromatic carbocycles. The van der Waals surface area contributed by atoms with Crippen LogP contribution in [0.15, 0.2) is 58.8 Å². The zero-order valence-corrected chi connectivity index (χ0v) is 14.4. The number of nitrogens with zero attached hydrogens (tertiary/aromatic N) is 1. The van der Waals surface area contributed by atoms with Gasteiger partial charge in [0, 0.05) is 18.2 Å². The highest BCUT2D eigenvalue weighted by molar-refractivity contribution is 6.05. The minimum absolute atomic E-state index is 0.0909. The Balaban J connectivity index is 1.86. The molecule has 2 aromatic rings. The molecule has 2 amide bonds. The van der Waals surface area contributed by atoms with Crippen LogP contribution in [0, 0.1) is 0 Å². The number of benzene rings is 1. The lowest BCUT2D eigenvalue weighted by atomic mass is 10.0. The van der Waals surface area contributed by atoms with Crippen molar-refractivity contribution in [3.63, 3.8) is 0 Å². The first-order valence-electron chi connectivity index (χ1n) is 8.72. The van der Waals surface area contributed by atoms with Gasteiger partial charge in [-0.05, 0) is 43.5 Å². The normalized spacial score (nSPS) is 17.8. The summed E-state index contributed by atoms with van der Waals surface area (Å²) in [7, 11) is 0. The van der Waals surface area contributed by atoms with Crippen LogP contribution in [0.2, 0.25) is 0 Å². The number of aliphatic hydroxyl groups excluding tert-OH is 1. The average molecular weight is 354 g/mol. The second kappa shape index (κ2) is 8.49. The van der Waals surface area contributed by atoms with Crippen LogP contribution in [0.1, 0.15) is 35.4 Å². The number of amides is 2. The highest BCUT2D eigenvalue weighted by Crippen LogP contribution is 2.19. The largest absolute Gasteiger partial charge is 0.465 e. The van der Waals surface area contributed by atoms with Crippen molar-refractivity contribution >= 4 is 17.9 Å².